The number of aryl methyl sites for hydroxylation is 1. The molecule has 22 heavy (non-hydrogen) atoms. The van der Waals surface area contributed by atoms with Gasteiger partial charge < -0.3 is 4.74 Å². The number of esters is 1. The van der Waals surface area contributed by atoms with Crippen molar-refractivity contribution in [1.82, 2.24) is 4.72 Å². The van der Waals surface area contributed by atoms with Crippen LogP contribution in [0.5, 0.6) is 0 Å². The Hall–Kier alpha value is -2.18. The van der Waals surface area contributed by atoms with E-state index in [1.54, 1.807) is 30.3 Å². The first kappa shape index (κ1) is 16.2. The lowest BCUT2D eigenvalue weighted by molar-refractivity contribution is 0.0513. The number of nitrogens with one attached hydrogen (secondary N) is 1. The molecule has 6 heteroatoms. The molecular formula is C16H17NO4S. The molecule has 0 aromatic heterocycles. The fourth-order valence-electron chi connectivity index (χ4n) is 1.78. The summed E-state index contributed by atoms with van der Waals surface area (Å²) in [5.74, 6) is -0.473. The molecule has 0 heterocycles. The Morgan fingerprint density at radius 2 is 1.68 bits per heavy atom. The SMILES string of the molecule is Cc1ccc(C(=O)OCCNS(=O)(=O)c2ccccc2)cc1. The van der Waals surface area contributed by atoms with Gasteiger partial charge in [-0.25, -0.2) is 17.9 Å². The van der Waals surface area contributed by atoms with Crippen molar-refractivity contribution >= 4 is 16.0 Å². The lowest BCUT2D eigenvalue weighted by Crippen LogP contribution is -2.28. The molecule has 0 amide bonds. The molecule has 0 fully saturated rings. The van der Waals surface area contributed by atoms with Gasteiger partial charge in [-0.15, -0.1) is 0 Å². The quantitative estimate of drug-likeness (QED) is 0.654. The maximum atomic E-state index is 11.9. The van der Waals surface area contributed by atoms with Crippen molar-refractivity contribution in [2.75, 3.05) is 13.2 Å². The van der Waals surface area contributed by atoms with Gasteiger partial charge in [-0.2, -0.15) is 0 Å². The molecule has 116 valence electrons. The van der Waals surface area contributed by atoms with Gasteiger partial charge in [-0.3, -0.25) is 0 Å². The normalized spacial score (nSPS) is 11.1. The van der Waals surface area contributed by atoms with E-state index < -0.39 is 16.0 Å². The molecule has 0 atom stereocenters. The molecule has 2 rings (SSSR count). The van der Waals surface area contributed by atoms with Gasteiger partial charge in [0, 0.05) is 6.54 Å². The van der Waals surface area contributed by atoms with Crippen LogP contribution in [0.2, 0.25) is 0 Å². The van der Waals surface area contributed by atoms with Gasteiger partial charge in [-0.05, 0) is 31.2 Å². The zero-order valence-corrected chi connectivity index (χ0v) is 13.0. The molecule has 0 saturated carbocycles. The number of benzene rings is 2. The Morgan fingerprint density at radius 3 is 2.32 bits per heavy atom. The molecule has 0 radical (unpaired) electrons. The van der Waals surface area contributed by atoms with Crippen LogP contribution < -0.4 is 4.72 Å². The number of carbonyl (C=O) groups is 1. The van der Waals surface area contributed by atoms with E-state index in [-0.39, 0.29) is 18.0 Å². The molecule has 2 aromatic rings. The predicted molar refractivity (Wildman–Crippen MR) is 83.1 cm³/mol. The van der Waals surface area contributed by atoms with E-state index in [2.05, 4.69) is 4.72 Å². The Kier molecular flexibility index (Phi) is 5.30. The summed E-state index contributed by atoms with van der Waals surface area (Å²) >= 11 is 0. The van der Waals surface area contributed by atoms with Crippen molar-refractivity contribution in [3.05, 3.63) is 65.7 Å². The molecule has 5 nitrogen and oxygen atoms in total. The van der Waals surface area contributed by atoms with E-state index in [9.17, 15) is 13.2 Å². The van der Waals surface area contributed by atoms with Crippen molar-refractivity contribution in [2.24, 2.45) is 0 Å². The van der Waals surface area contributed by atoms with Crippen LogP contribution >= 0.6 is 0 Å². The smallest absolute Gasteiger partial charge is 0.338 e. The van der Waals surface area contributed by atoms with E-state index in [4.69, 9.17) is 4.74 Å². The number of rotatable bonds is 6. The van der Waals surface area contributed by atoms with E-state index in [0.717, 1.165) is 5.56 Å². The average molecular weight is 319 g/mol. The van der Waals surface area contributed by atoms with Crippen molar-refractivity contribution in [1.29, 1.82) is 0 Å². The standard InChI is InChI=1S/C16H17NO4S/c1-13-7-9-14(10-8-13)16(18)21-12-11-17-22(19,20)15-5-3-2-4-6-15/h2-10,17H,11-12H2,1H3. The predicted octanol–water partition coefficient (Wildman–Crippen LogP) is 2.13. The van der Waals surface area contributed by atoms with Crippen LogP contribution in [0.4, 0.5) is 0 Å². The van der Waals surface area contributed by atoms with Crippen molar-refractivity contribution in [3.63, 3.8) is 0 Å². The van der Waals surface area contributed by atoms with Gasteiger partial charge in [-0.1, -0.05) is 35.9 Å². The maximum absolute atomic E-state index is 11.9. The highest BCUT2D eigenvalue weighted by atomic mass is 32.2. The number of ether oxygens (including phenoxy) is 1. The van der Waals surface area contributed by atoms with Crippen LogP contribution in [0, 0.1) is 6.92 Å². The van der Waals surface area contributed by atoms with Crippen LogP contribution in [-0.4, -0.2) is 27.5 Å². The second-order valence-electron chi connectivity index (χ2n) is 4.71. The van der Waals surface area contributed by atoms with Gasteiger partial charge >= 0.3 is 5.97 Å². The summed E-state index contributed by atoms with van der Waals surface area (Å²) in [4.78, 5) is 11.9. The summed E-state index contributed by atoms with van der Waals surface area (Å²) in [7, 11) is -3.57. The monoisotopic (exact) mass is 319 g/mol. The second kappa shape index (κ2) is 7.20. The summed E-state index contributed by atoms with van der Waals surface area (Å²) in [6.45, 7) is 1.92. The van der Waals surface area contributed by atoms with E-state index >= 15 is 0 Å². The summed E-state index contributed by atoms with van der Waals surface area (Å²) in [6.07, 6.45) is 0. The Balaban J connectivity index is 1.82. The molecule has 0 aliphatic heterocycles. The molecule has 0 unspecified atom stereocenters. The minimum atomic E-state index is -3.57. The molecule has 0 spiro atoms. The summed E-state index contributed by atoms with van der Waals surface area (Å²) in [6, 6.07) is 15.0. The first-order valence-corrected chi connectivity index (χ1v) is 8.26. The number of carbonyl (C=O) groups excluding carboxylic acids is 1. The van der Waals surface area contributed by atoms with E-state index in [1.165, 1.54) is 12.1 Å². The van der Waals surface area contributed by atoms with Gasteiger partial charge in [0.1, 0.15) is 6.61 Å². The topological polar surface area (TPSA) is 72.5 Å². The lowest BCUT2D eigenvalue weighted by Gasteiger charge is -2.08. The highest BCUT2D eigenvalue weighted by molar-refractivity contribution is 7.89. The van der Waals surface area contributed by atoms with Crippen LogP contribution in [-0.2, 0) is 14.8 Å². The highest BCUT2D eigenvalue weighted by Gasteiger charge is 2.13. The zero-order chi connectivity index (χ0) is 16.0. The molecule has 2 aromatic carbocycles. The van der Waals surface area contributed by atoms with Crippen LogP contribution in [0.15, 0.2) is 59.5 Å². The highest BCUT2D eigenvalue weighted by Crippen LogP contribution is 2.07. The first-order chi connectivity index (χ1) is 10.5. The second-order valence-corrected chi connectivity index (χ2v) is 6.48. The largest absolute Gasteiger partial charge is 0.461 e. The third kappa shape index (κ3) is 4.41. The molecule has 1 N–H and O–H groups in total. The molecular weight excluding hydrogens is 302 g/mol. The van der Waals surface area contributed by atoms with E-state index in [0.29, 0.717) is 5.56 Å². The number of hydrogen-bond acceptors (Lipinski definition) is 4. The van der Waals surface area contributed by atoms with Crippen LogP contribution in [0.1, 0.15) is 15.9 Å². The molecule has 0 aliphatic rings. The maximum Gasteiger partial charge on any atom is 0.338 e. The molecule has 0 bridgehead atoms. The average Bonchev–Trinajstić information content (AvgIpc) is 2.53. The Bertz CT molecular complexity index is 725. The Morgan fingerprint density at radius 1 is 1.05 bits per heavy atom. The van der Waals surface area contributed by atoms with Crippen molar-refractivity contribution in [2.45, 2.75) is 11.8 Å². The fraction of sp³-hybridized carbons (Fsp3) is 0.188. The van der Waals surface area contributed by atoms with Gasteiger partial charge in [0.15, 0.2) is 0 Å². The summed E-state index contributed by atoms with van der Waals surface area (Å²) in [5.41, 5.74) is 1.49. The minimum Gasteiger partial charge on any atom is -0.461 e. The van der Waals surface area contributed by atoms with Crippen molar-refractivity contribution in [3.8, 4) is 0 Å². The third-order valence-corrected chi connectivity index (χ3v) is 4.45. The Labute approximate surface area is 130 Å². The minimum absolute atomic E-state index is 0.0226. The zero-order valence-electron chi connectivity index (χ0n) is 12.2. The summed E-state index contributed by atoms with van der Waals surface area (Å²) in [5, 5.41) is 0. The fourth-order valence-corrected chi connectivity index (χ4v) is 2.81. The van der Waals surface area contributed by atoms with Gasteiger partial charge in [0.2, 0.25) is 10.0 Å². The van der Waals surface area contributed by atoms with E-state index in [1.807, 2.05) is 19.1 Å². The lowest BCUT2D eigenvalue weighted by atomic mass is 10.1. The summed E-state index contributed by atoms with van der Waals surface area (Å²) < 4.78 is 31.3. The number of sulfonamides is 1. The number of hydrogen-bond donors (Lipinski definition) is 1. The van der Waals surface area contributed by atoms with Crippen LogP contribution in [0.3, 0.4) is 0 Å². The third-order valence-electron chi connectivity index (χ3n) is 2.97. The first-order valence-electron chi connectivity index (χ1n) is 6.77. The molecule has 0 aliphatic carbocycles. The van der Waals surface area contributed by atoms with Crippen molar-refractivity contribution < 1.29 is 17.9 Å². The van der Waals surface area contributed by atoms with Gasteiger partial charge in [0.05, 0.1) is 10.5 Å². The van der Waals surface area contributed by atoms with Gasteiger partial charge in [0.25, 0.3) is 0 Å². The van der Waals surface area contributed by atoms with Crippen LogP contribution in [0.25, 0.3) is 0 Å². The molecule has 0 saturated heterocycles.